The predicted octanol–water partition coefficient (Wildman–Crippen LogP) is 6.19. The molecule has 1 aliphatic carbocycles. The summed E-state index contributed by atoms with van der Waals surface area (Å²) in [5.74, 6) is 1.58. The first kappa shape index (κ1) is 25.2. The molecule has 0 radical (unpaired) electrons. The van der Waals surface area contributed by atoms with Gasteiger partial charge in [0.2, 0.25) is 5.91 Å². The van der Waals surface area contributed by atoms with E-state index >= 15 is 0 Å². The van der Waals surface area contributed by atoms with E-state index in [4.69, 9.17) is 25.8 Å². The van der Waals surface area contributed by atoms with Crippen molar-refractivity contribution in [2.75, 3.05) is 26.4 Å². The van der Waals surface area contributed by atoms with Crippen molar-refractivity contribution in [3.63, 3.8) is 0 Å². The Morgan fingerprint density at radius 3 is 2.66 bits per heavy atom. The molecule has 0 unspecified atom stereocenters. The second-order valence-electron chi connectivity index (χ2n) is 10.5. The molecule has 1 amide bonds. The van der Waals surface area contributed by atoms with Gasteiger partial charge in [-0.1, -0.05) is 36.2 Å². The normalized spacial score (nSPS) is 20.4. The summed E-state index contributed by atoms with van der Waals surface area (Å²) in [5, 5.41) is 0.682. The summed E-state index contributed by atoms with van der Waals surface area (Å²) in [6, 6.07) is 15.9. The first-order valence-electron chi connectivity index (χ1n) is 13.6. The van der Waals surface area contributed by atoms with E-state index in [-0.39, 0.29) is 12.0 Å². The lowest BCUT2D eigenvalue weighted by Crippen LogP contribution is -2.51. The number of aromatic nitrogens is 1. The van der Waals surface area contributed by atoms with Crippen LogP contribution in [-0.2, 0) is 21.5 Å². The molecule has 0 N–H and O–H groups in total. The number of hydrogen-bond acceptors (Lipinski definition) is 5. The maximum atomic E-state index is 14.1. The number of ether oxygens (including phenoxy) is 3. The molecule has 6 rings (SSSR count). The third-order valence-electron chi connectivity index (χ3n) is 8.09. The third-order valence-corrected chi connectivity index (χ3v) is 8.35. The fourth-order valence-corrected chi connectivity index (χ4v) is 5.94. The van der Waals surface area contributed by atoms with Gasteiger partial charge in [-0.15, -0.1) is 0 Å². The van der Waals surface area contributed by atoms with Crippen LogP contribution in [0, 0.1) is 0 Å². The molecule has 2 fully saturated rings. The zero-order chi connectivity index (χ0) is 26.0. The number of pyridine rings is 1. The number of fused-ring (bicyclic) bond motifs is 1. The molecule has 1 aromatic heterocycles. The van der Waals surface area contributed by atoms with E-state index in [0.29, 0.717) is 37.1 Å². The second-order valence-corrected chi connectivity index (χ2v) is 11.0. The molecular formula is C31H33ClN2O4. The lowest BCUT2D eigenvalue weighted by atomic mass is 9.63. The molecule has 2 aliphatic heterocycles. The topological polar surface area (TPSA) is 60.9 Å². The number of nitrogens with zero attached hydrogens (tertiary/aromatic N) is 2. The number of carbonyl (C=O) groups is 1. The summed E-state index contributed by atoms with van der Waals surface area (Å²) >= 11 is 6.15. The highest BCUT2D eigenvalue weighted by Gasteiger charge is 2.48. The molecule has 3 aromatic rings. The molecule has 38 heavy (non-hydrogen) atoms. The zero-order valence-electron chi connectivity index (χ0n) is 21.5. The molecule has 7 heteroatoms. The Bertz CT molecular complexity index is 1270. The highest BCUT2D eigenvalue weighted by Crippen LogP contribution is 2.46. The molecule has 198 valence electrons. The van der Waals surface area contributed by atoms with Crippen LogP contribution in [0.2, 0.25) is 5.02 Å². The Hall–Kier alpha value is -3.09. The summed E-state index contributed by atoms with van der Waals surface area (Å²) in [6.07, 6.45) is 9.71. The first-order valence-corrected chi connectivity index (χ1v) is 14.0. The van der Waals surface area contributed by atoms with Gasteiger partial charge < -0.3 is 19.1 Å². The minimum atomic E-state index is -0.492. The van der Waals surface area contributed by atoms with Crippen LogP contribution in [-0.4, -0.2) is 48.3 Å². The maximum Gasteiger partial charge on any atom is 0.233 e. The van der Waals surface area contributed by atoms with Crippen LogP contribution >= 0.6 is 11.6 Å². The van der Waals surface area contributed by atoms with Crippen LogP contribution in [0.4, 0.5) is 0 Å². The Morgan fingerprint density at radius 2 is 1.95 bits per heavy atom. The minimum absolute atomic E-state index is 0.0863. The number of rotatable bonds is 6. The van der Waals surface area contributed by atoms with Crippen molar-refractivity contribution >= 4 is 17.5 Å². The molecular weight excluding hydrogens is 500 g/mol. The standard InChI is InChI=1S/C31H33ClN2O4/c32-26-9-7-25(8-10-26)31(11-4-12-31)30(35)34-14-16-37-29-24(20-34)17-23(22-5-3-13-33-19-22)18-28(29)38-21-27-6-1-2-15-36-27/h3,5,7-10,13,17-19,27H,1-2,4,6,11-12,14-16,20-21H2/t27-/m0/s1. The van der Waals surface area contributed by atoms with E-state index in [0.717, 1.165) is 73.1 Å². The molecule has 3 aliphatic rings. The van der Waals surface area contributed by atoms with Gasteiger partial charge in [-0.05, 0) is 73.6 Å². The maximum absolute atomic E-state index is 14.1. The van der Waals surface area contributed by atoms with E-state index in [1.807, 2.05) is 53.6 Å². The lowest BCUT2D eigenvalue weighted by Gasteiger charge is -2.43. The van der Waals surface area contributed by atoms with Gasteiger partial charge in [0.05, 0.1) is 18.1 Å². The van der Waals surface area contributed by atoms with Crippen LogP contribution in [0.3, 0.4) is 0 Å². The van der Waals surface area contributed by atoms with Crippen LogP contribution in [0.15, 0.2) is 60.9 Å². The molecule has 1 saturated carbocycles. The zero-order valence-corrected chi connectivity index (χ0v) is 22.3. The van der Waals surface area contributed by atoms with Crippen LogP contribution in [0.25, 0.3) is 11.1 Å². The van der Waals surface area contributed by atoms with Gasteiger partial charge in [-0.3, -0.25) is 9.78 Å². The lowest BCUT2D eigenvalue weighted by molar-refractivity contribution is -0.141. The predicted molar refractivity (Wildman–Crippen MR) is 147 cm³/mol. The van der Waals surface area contributed by atoms with Crippen molar-refractivity contribution in [1.82, 2.24) is 9.88 Å². The second kappa shape index (κ2) is 11.0. The Balaban J connectivity index is 1.31. The van der Waals surface area contributed by atoms with Crippen LogP contribution in [0.1, 0.15) is 49.7 Å². The summed E-state index contributed by atoms with van der Waals surface area (Å²) < 4.78 is 18.5. The summed E-state index contributed by atoms with van der Waals surface area (Å²) in [6.45, 7) is 2.67. The fourth-order valence-electron chi connectivity index (χ4n) is 5.81. The molecule has 6 nitrogen and oxygen atoms in total. The number of hydrogen-bond donors (Lipinski definition) is 0. The van der Waals surface area contributed by atoms with E-state index in [2.05, 4.69) is 11.1 Å². The molecule has 0 bridgehead atoms. The molecule has 0 spiro atoms. The van der Waals surface area contributed by atoms with E-state index in [1.54, 1.807) is 6.20 Å². The first-order chi connectivity index (χ1) is 18.6. The molecule has 1 atom stereocenters. The van der Waals surface area contributed by atoms with Crippen molar-refractivity contribution in [2.45, 2.75) is 56.6 Å². The number of carbonyl (C=O) groups excluding carboxylic acids is 1. The summed E-state index contributed by atoms with van der Waals surface area (Å²) in [5.41, 5.74) is 3.48. The molecule has 1 saturated heterocycles. The SMILES string of the molecule is O=C(N1CCOc2c(cc(-c3cccnc3)cc2OC[C@@H]2CCCCO2)C1)C1(c2ccc(Cl)cc2)CCC1. The highest BCUT2D eigenvalue weighted by atomic mass is 35.5. The fraction of sp³-hybridized carbons (Fsp3) is 0.419. The van der Waals surface area contributed by atoms with Gasteiger partial charge in [-0.25, -0.2) is 0 Å². The van der Waals surface area contributed by atoms with Crippen molar-refractivity contribution < 1.29 is 19.0 Å². The third kappa shape index (κ3) is 4.99. The highest BCUT2D eigenvalue weighted by molar-refractivity contribution is 6.30. The van der Waals surface area contributed by atoms with Gasteiger partial charge in [0.15, 0.2) is 11.5 Å². The van der Waals surface area contributed by atoms with E-state index in [1.165, 1.54) is 0 Å². The smallest absolute Gasteiger partial charge is 0.233 e. The van der Waals surface area contributed by atoms with Gasteiger partial charge in [-0.2, -0.15) is 0 Å². The quantitative estimate of drug-likeness (QED) is 0.378. The molecule has 3 heterocycles. The van der Waals surface area contributed by atoms with Gasteiger partial charge in [0.25, 0.3) is 0 Å². The van der Waals surface area contributed by atoms with Crippen molar-refractivity contribution in [1.29, 1.82) is 0 Å². The average molecular weight is 533 g/mol. The van der Waals surface area contributed by atoms with E-state index < -0.39 is 5.41 Å². The Kier molecular flexibility index (Phi) is 7.26. The van der Waals surface area contributed by atoms with Gasteiger partial charge >= 0.3 is 0 Å². The number of benzene rings is 2. The van der Waals surface area contributed by atoms with Gasteiger partial charge in [0, 0.05) is 41.7 Å². The van der Waals surface area contributed by atoms with Crippen LogP contribution < -0.4 is 9.47 Å². The van der Waals surface area contributed by atoms with Crippen molar-refractivity contribution in [2.24, 2.45) is 0 Å². The number of halogens is 1. The monoisotopic (exact) mass is 532 g/mol. The minimum Gasteiger partial charge on any atom is -0.487 e. The summed E-state index contributed by atoms with van der Waals surface area (Å²) in [7, 11) is 0. The van der Waals surface area contributed by atoms with Gasteiger partial charge in [0.1, 0.15) is 13.2 Å². The molecule has 2 aromatic carbocycles. The van der Waals surface area contributed by atoms with Crippen LogP contribution in [0.5, 0.6) is 11.5 Å². The van der Waals surface area contributed by atoms with Crippen molar-refractivity contribution in [3.8, 4) is 22.6 Å². The van der Waals surface area contributed by atoms with E-state index in [9.17, 15) is 4.79 Å². The van der Waals surface area contributed by atoms with Crippen molar-refractivity contribution in [3.05, 3.63) is 77.1 Å². The Labute approximate surface area is 228 Å². The summed E-state index contributed by atoms with van der Waals surface area (Å²) in [4.78, 5) is 20.4. The number of amides is 1. The largest absolute Gasteiger partial charge is 0.487 e. The Morgan fingerprint density at radius 1 is 1.08 bits per heavy atom. The average Bonchev–Trinajstić information content (AvgIpc) is 3.16.